The van der Waals surface area contributed by atoms with Crippen molar-refractivity contribution < 1.29 is 14.7 Å². The van der Waals surface area contributed by atoms with Crippen LogP contribution < -0.4 is 16.4 Å². The fourth-order valence-electron chi connectivity index (χ4n) is 3.96. The zero-order valence-corrected chi connectivity index (χ0v) is 17.2. The van der Waals surface area contributed by atoms with Crippen molar-refractivity contribution in [3.8, 4) is 0 Å². The first kappa shape index (κ1) is 21.3. The lowest BCUT2D eigenvalue weighted by Crippen LogP contribution is -2.43. The molecule has 1 aliphatic carbocycles. The van der Waals surface area contributed by atoms with Crippen LogP contribution in [0.4, 0.5) is 11.8 Å². The number of piperidine rings is 1. The molecule has 3 rings (SSSR count). The van der Waals surface area contributed by atoms with Crippen molar-refractivity contribution in [1.29, 1.82) is 0 Å². The van der Waals surface area contributed by atoms with Crippen LogP contribution in [0.3, 0.4) is 0 Å². The minimum absolute atomic E-state index is 0.104. The van der Waals surface area contributed by atoms with E-state index in [-0.39, 0.29) is 29.7 Å². The molecule has 2 fully saturated rings. The second kappa shape index (κ2) is 9.39. The molecule has 9 heteroatoms. The Morgan fingerprint density at radius 1 is 1.21 bits per heavy atom. The number of amides is 2. The fraction of sp³-hybridized carbons (Fsp3) is 0.700. The van der Waals surface area contributed by atoms with Crippen molar-refractivity contribution >= 4 is 23.6 Å². The van der Waals surface area contributed by atoms with Crippen LogP contribution in [0.1, 0.15) is 62.7 Å². The van der Waals surface area contributed by atoms with Gasteiger partial charge in [0, 0.05) is 37.8 Å². The fourth-order valence-corrected chi connectivity index (χ4v) is 3.96. The average molecular weight is 405 g/mol. The summed E-state index contributed by atoms with van der Waals surface area (Å²) < 4.78 is 0. The van der Waals surface area contributed by atoms with Gasteiger partial charge in [-0.05, 0) is 38.0 Å². The predicted molar refractivity (Wildman–Crippen MR) is 110 cm³/mol. The van der Waals surface area contributed by atoms with E-state index in [2.05, 4.69) is 20.6 Å². The molecule has 0 aromatic carbocycles. The molecule has 1 saturated carbocycles. The molecule has 1 saturated heterocycles. The number of aromatic nitrogens is 2. The van der Waals surface area contributed by atoms with Crippen LogP contribution in [0.5, 0.6) is 0 Å². The summed E-state index contributed by atoms with van der Waals surface area (Å²) in [6.07, 6.45) is 5.55. The van der Waals surface area contributed by atoms with E-state index in [4.69, 9.17) is 5.73 Å². The summed E-state index contributed by atoms with van der Waals surface area (Å²) in [5.74, 6) is 0.800. The molecular formula is C20H32N6O3. The van der Waals surface area contributed by atoms with Crippen molar-refractivity contribution in [2.24, 2.45) is 11.7 Å². The zero-order valence-electron chi connectivity index (χ0n) is 17.2. The monoisotopic (exact) mass is 404 g/mol. The normalized spacial score (nSPS) is 22.7. The van der Waals surface area contributed by atoms with E-state index in [0.717, 1.165) is 25.7 Å². The second-order valence-electron chi connectivity index (χ2n) is 8.53. The number of aliphatic hydroxyl groups excluding tert-OH is 1. The molecule has 9 nitrogen and oxygen atoms in total. The number of aliphatic hydroxyl groups is 1. The number of carbonyl (C=O) groups excluding carboxylic acids is 2. The van der Waals surface area contributed by atoms with Crippen molar-refractivity contribution in [1.82, 2.24) is 14.9 Å². The van der Waals surface area contributed by atoms with Gasteiger partial charge in [-0.25, -0.2) is 4.98 Å². The van der Waals surface area contributed by atoms with Crippen LogP contribution in [0.25, 0.3) is 0 Å². The Labute approximate surface area is 171 Å². The number of rotatable bonds is 7. The highest BCUT2D eigenvalue weighted by atomic mass is 16.3. The van der Waals surface area contributed by atoms with Gasteiger partial charge in [0.25, 0.3) is 5.91 Å². The third kappa shape index (κ3) is 5.79. The summed E-state index contributed by atoms with van der Waals surface area (Å²) in [6, 6.07) is 0.222. The van der Waals surface area contributed by atoms with Crippen LogP contribution in [-0.4, -0.2) is 63.1 Å². The number of hydrogen-bond donors (Lipinski definition) is 4. The Morgan fingerprint density at radius 3 is 2.52 bits per heavy atom. The molecule has 0 spiro atoms. The summed E-state index contributed by atoms with van der Waals surface area (Å²) >= 11 is 0. The summed E-state index contributed by atoms with van der Waals surface area (Å²) in [5, 5.41) is 16.2. The molecule has 1 aliphatic heterocycles. The van der Waals surface area contributed by atoms with Gasteiger partial charge in [0.05, 0.1) is 11.7 Å². The van der Waals surface area contributed by atoms with Crippen LogP contribution in [0, 0.1) is 5.92 Å². The van der Waals surface area contributed by atoms with Crippen molar-refractivity contribution in [3.05, 3.63) is 11.8 Å². The van der Waals surface area contributed by atoms with Crippen molar-refractivity contribution in [3.63, 3.8) is 0 Å². The topological polar surface area (TPSA) is 133 Å². The molecule has 0 radical (unpaired) electrons. The Kier molecular flexibility index (Phi) is 6.89. The smallest absolute Gasteiger partial charge is 0.254 e. The van der Waals surface area contributed by atoms with Gasteiger partial charge >= 0.3 is 0 Å². The molecule has 0 bridgehead atoms. The van der Waals surface area contributed by atoms with E-state index < -0.39 is 5.91 Å². The molecule has 1 aromatic heterocycles. The van der Waals surface area contributed by atoms with E-state index in [0.29, 0.717) is 43.6 Å². The maximum Gasteiger partial charge on any atom is 0.254 e. The maximum atomic E-state index is 12.2. The van der Waals surface area contributed by atoms with Crippen LogP contribution >= 0.6 is 0 Å². The van der Waals surface area contributed by atoms with Gasteiger partial charge in [0.2, 0.25) is 11.9 Å². The van der Waals surface area contributed by atoms with Crippen LogP contribution in [0.15, 0.2) is 6.20 Å². The first-order chi connectivity index (χ1) is 13.8. The van der Waals surface area contributed by atoms with E-state index in [9.17, 15) is 14.7 Å². The molecular weight excluding hydrogens is 372 g/mol. The maximum absolute atomic E-state index is 12.2. The third-order valence-electron chi connectivity index (χ3n) is 5.56. The van der Waals surface area contributed by atoms with Gasteiger partial charge in [-0.1, -0.05) is 13.8 Å². The van der Waals surface area contributed by atoms with E-state index in [1.165, 1.54) is 6.20 Å². The highest BCUT2D eigenvalue weighted by molar-refractivity contribution is 5.97. The largest absolute Gasteiger partial charge is 0.393 e. The Hall–Kier alpha value is -2.42. The van der Waals surface area contributed by atoms with E-state index >= 15 is 0 Å². The number of primary amides is 1. The standard InChI is InChI=1S/C20H32N6O3/c1-12(2)9-17(28)26-7-5-13(6-8-26)23-19-16(18(21)29)11-22-20(25-19)24-14-3-4-15(27)10-14/h11-15,27H,3-10H2,1-2H3,(H2,21,29)(H2,22,23,24,25)/t14-,15+/m1/s1. The number of nitrogens with zero attached hydrogens (tertiary/aromatic N) is 3. The first-order valence-electron chi connectivity index (χ1n) is 10.5. The molecule has 2 amide bonds. The molecule has 0 unspecified atom stereocenters. The summed E-state index contributed by atoms with van der Waals surface area (Å²) in [4.78, 5) is 34.6. The average Bonchev–Trinajstić information content (AvgIpc) is 3.06. The van der Waals surface area contributed by atoms with E-state index in [1.54, 1.807) is 0 Å². The predicted octanol–water partition coefficient (Wildman–Crippen LogP) is 1.35. The minimum atomic E-state index is -0.583. The van der Waals surface area contributed by atoms with Gasteiger partial charge in [0.15, 0.2) is 0 Å². The molecule has 2 aliphatic rings. The summed E-state index contributed by atoms with van der Waals surface area (Å²) in [6.45, 7) is 5.46. The molecule has 1 aromatic rings. The van der Waals surface area contributed by atoms with Gasteiger partial charge in [-0.2, -0.15) is 4.98 Å². The lowest BCUT2D eigenvalue weighted by Gasteiger charge is -2.33. The lowest BCUT2D eigenvalue weighted by atomic mass is 10.0. The molecule has 5 N–H and O–H groups in total. The molecule has 2 heterocycles. The Morgan fingerprint density at radius 2 is 1.93 bits per heavy atom. The minimum Gasteiger partial charge on any atom is -0.393 e. The van der Waals surface area contributed by atoms with Gasteiger partial charge in [-0.15, -0.1) is 0 Å². The third-order valence-corrected chi connectivity index (χ3v) is 5.56. The number of nitrogens with two attached hydrogens (primary N) is 1. The summed E-state index contributed by atoms with van der Waals surface area (Å²) in [5.41, 5.74) is 5.74. The molecule has 160 valence electrons. The zero-order chi connectivity index (χ0) is 21.0. The number of nitrogens with one attached hydrogen (secondary N) is 2. The van der Waals surface area contributed by atoms with Crippen LogP contribution in [0.2, 0.25) is 0 Å². The second-order valence-corrected chi connectivity index (χ2v) is 8.53. The van der Waals surface area contributed by atoms with E-state index in [1.807, 2.05) is 18.7 Å². The molecule has 29 heavy (non-hydrogen) atoms. The van der Waals surface area contributed by atoms with Gasteiger partial charge in [0.1, 0.15) is 5.82 Å². The summed E-state index contributed by atoms with van der Waals surface area (Å²) in [7, 11) is 0. The highest BCUT2D eigenvalue weighted by Crippen LogP contribution is 2.24. The number of hydrogen-bond acceptors (Lipinski definition) is 7. The molecule has 2 atom stereocenters. The number of likely N-dealkylation sites (tertiary alicyclic amines) is 1. The van der Waals surface area contributed by atoms with Crippen molar-refractivity contribution in [2.45, 2.75) is 70.6 Å². The SMILES string of the molecule is CC(C)CC(=O)N1CCC(Nc2nc(N[C@@H]3CC[C@H](O)C3)ncc2C(N)=O)CC1. The Bertz CT molecular complexity index is 733. The number of anilines is 2. The highest BCUT2D eigenvalue weighted by Gasteiger charge is 2.26. The first-order valence-corrected chi connectivity index (χ1v) is 10.5. The number of carbonyl (C=O) groups is 2. The van der Waals surface area contributed by atoms with Crippen molar-refractivity contribution in [2.75, 3.05) is 23.7 Å². The van der Waals surface area contributed by atoms with Gasteiger partial charge in [-0.3, -0.25) is 9.59 Å². The van der Waals surface area contributed by atoms with Gasteiger partial charge < -0.3 is 26.4 Å². The Balaban J connectivity index is 1.62. The quantitative estimate of drug-likeness (QED) is 0.539. The van der Waals surface area contributed by atoms with Crippen LogP contribution in [-0.2, 0) is 4.79 Å². The lowest BCUT2D eigenvalue weighted by molar-refractivity contribution is -0.132.